The Labute approximate surface area is 166 Å². The van der Waals surface area contributed by atoms with E-state index in [0.717, 1.165) is 18.4 Å². The van der Waals surface area contributed by atoms with Crippen molar-refractivity contribution in [3.63, 3.8) is 0 Å². The van der Waals surface area contributed by atoms with Crippen molar-refractivity contribution >= 4 is 6.09 Å². The molecule has 28 heavy (non-hydrogen) atoms. The smallest absolute Gasteiger partial charge is 0.410 e. The monoisotopic (exact) mass is 384 g/mol. The summed E-state index contributed by atoms with van der Waals surface area (Å²) in [6.45, 7) is 6.64. The molecule has 2 heterocycles. The van der Waals surface area contributed by atoms with Crippen LogP contribution in [-0.4, -0.2) is 45.9 Å². The van der Waals surface area contributed by atoms with E-state index in [-0.39, 0.29) is 12.1 Å². The summed E-state index contributed by atoms with van der Waals surface area (Å²) >= 11 is 0. The van der Waals surface area contributed by atoms with Crippen LogP contribution in [-0.2, 0) is 4.74 Å². The fourth-order valence-electron chi connectivity index (χ4n) is 3.22. The summed E-state index contributed by atoms with van der Waals surface area (Å²) in [4.78, 5) is 18.4. The Kier molecular flexibility index (Phi) is 6.19. The van der Waals surface area contributed by atoms with Gasteiger partial charge in [0.1, 0.15) is 18.3 Å². The molecular formula is C22H28N2O4. The number of aromatic nitrogens is 1. The Morgan fingerprint density at radius 2 is 1.96 bits per heavy atom. The van der Waals surface area contributed by atoms with E-state index in [9.17, 15) is 9.90 Å². The number of hydrogen-bond donors (Lipinski definition) is 1. The molecule has 2 aromatic rings. The summed E-state index contributed by atoms with van der Waals surface area (Å²) in [6, 6.07) is 13.0. The van der Waals surface area contributed by atoms with E-state index < -0.39 is 11.7 Å². The average molecular weight is 384 g/mol. The molecule has 0 radical (unpaired) electrons. The van der Waals surface area contributed by atoms with Gasteiger partial charge in [-0.2, -0.15) is 0 Å². The van der Waals surface area contributed by atoms with Gasteiger partial charge >= 0.3 is 6.09 Å². The number of amides is 1. The van der Waals surface area contributed by atoms with E-state index in [1.165, 1.54) is 0 Å². The molecule has 1 aliphatic heterocycles. The first-order valence-electron chi connectivity index (χ1n) is 9.65. The van der Waals surface area contributed by atoms with Gasteiger partial charge in [-0.3, -0.25) is 0 Å². The van der Waals surface area contributed by atoms with E-state index in [0.29, 0.717) is 24.6 Å². The van der Waals surface area contributed by atoms with E-state index in [2.05, 4.69) is 4.98 Å². The van der Waals surface area contributed by atoms with Gasteiger partial charge in [-0.1, -0.05) is 30.3 Å². The van der Waals surface area contributed by atoms with Crippen molar-refractivity contribution in [1.82, 2.24) is 9.88 Å². The van der Waals surface area contributed by atoms with Gasteiger partial charge in [-0.25, -0.2) is 9.78 Å². The Hall–Kier alpha value is -2.60. The van der Waals surface area contributed by atoms with Crippen LogP contribution in [0.4, 0.5) is 4.79 Å². The summed E-state index contributed by atoms with van der Waals surface area (Å²) in [7, 11) is 0. The van der Waals surface area contributed by atoms with Crippen LogP contribution in [0.3, 0.4) is 0 Å². The van der Waals surface area contributed by atoms with Crippen molar-refractivity contribution < 1.29 is 19.4 Å². The van der Waals surface area contributed by atoms with Gasteiger partial charge in [-0.15, -0.1) is 0 Å². The number of rotatable bonds is 5. The summed E-state index contributed by atoms with van der Waals surface area (Å²) in [5.41, 5.74) is 1.01. The van der Waals surface area contributed by atoms with Crippen molar-refractivity contribution in [3.05, 3.63) is 59.8 Å². The normalized spacial score (nSPS) is 18.0. The summed E-state index contributed by atoms with van der Waals surface area (Å²) in [6.07, 6.45) is 2.41. The predicted octanol–water partition coefficient (Wildman–Crippen LogP) is 3.94. The number of nitrogens with zero attached hydrogens (tertiary/aromatic N) is 2. The van der Waals surface area contributed by atoms with Crippen molar-refractivity contribution in [3.8, 4) is 5.88 Å². The highest BCUT2D eigenvalue weighted by molar-refractivity contribution is 5.69. The lowest BCUT2D eigenvalue weighted by molar-refractivity contribution is 0.0185. The third kappa shape index (κ3) is 5.23. The maximum absolute atomic E-state index is 12.3. The summed E-state index contributed by atoms with van der Waals surface area (Å²) < 4.78 is 11.3. The molecule has 0 aliphatic carbocycles. The minimum absolute atomic E-state index is 0.0220. The Morgan fingerprint density at radius 1 is 1.21 bits per heavy atom. The van der Waals surface area contributed by atoms with Crippen LogP contribution in [0.1, 0.15) is 50.8 Å². The molecule has 1 unspecified atom stereocenters. The minimum Gasteiger partial charge on any atom is -0.475 e. The Balaban J connectivity index is 1.56. The molecule has 6 heteroatoms. The first-order valence-corrected chi connectivity index (χ1v) is 9.65. The van der Waals surface area contributed by atoms with Crippen LogP contribution >= 0.6 is 0 Å². The lowest BCUT2D eigenvalue weighted by Crippen LogP contribution is -2.42. The fraction of sp³-hybridized carbons (Fsp3) is 0.455. The number of pyridine rings is 1. The van der Waals surface area contributed by atoms with Crippen LogP contribution in [0.15, 0.2) is 48.7 Å². The lowest BCUT2D eigenvalue weighted by Gasteiger charge is -2.28. The summed E-state index contributed by atoms with van der Waals surface area (Å²) in [5, 5.41) is 10.4. The minimum atomic E-state index is -0.722. The number of carbonyl (C=O) groups is 1. The highest BCUT2D eigenvalue weighted by atomic mass is 16.6. The fourth-order valence-corrected chi connectivity index (χ4v) is 3.22. The molecule has 1 aromatic carbocycles. The molecule has 1 aliphatic rings. The number of ether oxygens (including phenoxy) is 2. The maximum Gasteiger partial charge on any atom is 0.410 e. The molecule has 1 saturated heterocycles. The molecule has 1 N–H and O–H groups in total. The van der Waals surface area contributed by atoms with Crippen molar-refractivity contribution in [2.24, 2.45) is 0 Å². The molecule has 3 rings (SSSR count). The van der Waals surface area contributed by atoms with Crippen LogP contribution in [0.25, 0.3) is 0 Å². The second-order valence-corrected chi connectivity index (χ2v) is 8.02. The second kappa shape index (κ2) is 8.61. The van der Waals surface area contributed by atoms with E-state index in [1.54, 1.807) is 23.2 Å². The highest BCUT2D eigenvalue weighted by Crippen LogP contribution is 2.24. The molecule has 0 bridgehead atoms. The van der Waals surface area contributed by atoms with Crippen molar-refractivity contribution in [2.75, 3.05) is 13.2 Å². The molecule has 1 fully saturated rings. The van der Waals surface area contributed by atoms with Crippen LogP contribution < -0.4 is 4.74 Å². The molecule has 1 aromatic heterocycles. The van der Waals surface area contributed by atoms with Crippen LogP contribution in [0.2, 0.25) is 0 Å². The second-order valence-electron chi connectivity index (χ2n) is 8.02. The largest absolute Gasteiger partial charge is 0.475 e. The molecule has 2 atom stereocenters. The quantitative estimate of drug-likeness (QED) is 0.845. The van der Waals surface area contributed by atoms with Gasteiger partial charge in [0, 0.05) is 24.4 Å². The van der Waals surface area contributed by atoms with Gasteiger partial charge < -0.3 is 19.5 Å². The Morgan fingerprint density at radius 3 is 2.61 bits per heavy atom. The number of carbonyl (C=O) groups excluding carboxylic acids is 1. The van der Waals surface area contributed by atoms with E-state index in [1.807, 2.05) is 51.1 Å². The molecule has 0 spiro atoms. The lowest BCUT2D eigenvalue weighted by atomic mass is 10.0. The number of likely N-dealkylation sites (tertiary alicyclic amines) is 1. The van der Waals surface area contributed by atoms with Crippen molar-refractivity contribution in [2.45, 2.75) is 51.4 Å². The van der Waals surface area contributed by atoms with Gasteiger partial charge in [0.15, 0.2) is 0 Å². The Bertz CT molecular complexity index is 771. The van der Waals surface area contributed by atoms with E-state index >= 15 is 0 Å². The first-order chi connectivity index (χ1) is 13.3. The van der Waals surface area contributed by atoms with Crippen LogP contribution in [0.5, 0.6) is 5.88 Å². The van der Waals surface area contributed by atoms with E-state index in [4.69, 9.17) is 9.47 Å². The molecular weight excluding hydrogens is 356 g/mol. The van der Waals surface area contributed by atoms with Crippen LogP contribution in [0, 0.1) is 0 Å². The first kappa shape index (κ1) is 20.1. The van der Waals surface area contributed by atoms with Crippen molar-refractivity contribution in [1.29, 1.82) is 0 Å². The summed E-state index contributed by atoms with van der Waals surface area (Å²) in [5.74, 6) is 0.472. The van der Waals surface area contributed by atoms with Gasteiger partial charge in [0.25, 0.3) is 0 Å². The molecule has 6 nitrogen and oxygen atoms in total. The number of aliphatic hydroxyl groups excluding tert-OH is 1. The van der Waals surface area contributed by atoms with Gasteiger partial charge in [0.05, 0.1) is 6.04 Å². The third-order valence-corrected chi connectivity index (χ3v) is 4.62. The number of benzene rings is 1. The van der Waals surface area contributed by atoms with Gasteiger partial charge in [-0.05, 0) is 45.2 Å². The highest BCUT2D eigenvalue weighted by Gasteiger charge is 2.32. The predicted molar refractivity (Wildman–Crippen MR) is 106 cm³/mol. The zero-order valence-corrected chi connectivity index (χ0v) is 16.7. The van der Waals surface area contributed by atoms with Gasteiger partial charge in [0.2, 0.25) is 5.88 Å². The zero-order valence-electron chi connectivity index (χ0n) is 16.7. The number of aliphatic hydroxyl groups is 1. The standard InChI is InChI=1S/C22H28N2O4/c1-22(2,3)28-21(26)24-13-7-10-18(24)15-27-19-12-11-17(14-23-19)20(25)16-8-5-4-6-9-16/h4-6,8-9,11-12,14,18,20,25H,7,10,13,15H2,1-3H3/t18?,20-/m0/s1. The zero-order chi connectivity index (χ0) is 20.1. The average Bonchev–Trinajstić information content (AvgIpc) is 3.14. The molecule has 150 valence electrons. The topological polar surface area (TPSA) is 71.9 Å². The maximum atomic E-state index is 12.3. The SMILES string of the molecule is CC(C)(C)OC(=O)N1CCCC1COc1ccc([C@@H](O)c2ccccc2)cn1. The number of hydrogen-bond acceptors (Lipinski definition) is 5. The molecule has 1 amide bonds. The molecule has 0 saturated carbocycles. The third-order valence-electron chi connectivity index (χ3n) is 4.62.